The first kappa shape index (κ1) is 18.2. The molecule has 6 nitrogen and oxygen atoms in total. The van der Waals surface area contributed by atoms with Crippen LogP contribution in [0.5, 0.6) is 0 Å². The number of carbonyl (C=O) groups is 1. The monoisotopic (exact) mass is 399 g/mol. The molecule has 0 aliphatic heterocycles. The van der Waals surface area contributed by atoms with E-state index in [2.05, 4.69) is 20.5 Å². The maximum Gasteiger partial charge on any atom is 0.234 e. The van der Waals surface area contributed by atoms with Crippen molar-refractivity contribution >= 4 is 34.3 Å². The van der Waals surface area contributed by atoms with E-state index < -0.39 is 17.5 Å². The molecule has 2 N–H and O–H groups in total. The molecule has 1 amide bonds. The van der Waals surface area contributed by atoms with Crippen molar-refractivity contribution in [1.82, 2.24) is 19.7 Å². The largest absolute Gasteiger partial charge is 0.360 e. The van der Waals surface area contributed by atoms with E-state index in [1.807, 2.05) is 37.5 Å². The molecule has 4 rings (SSSR count). The second-order valence-corrected chi connectivity index (χ2v) is 7.02. The number of halogens is 2. The SMILES string of the molecule is Cn1c(SCC(=O)Nc2ccc(F)cc2F)nnc1-c1c[nH]c2ccccc12. The van der Waals surface area contributed by atoms with Crippen molar-refractivity contribution in [3.63, 3.8) is 0 Å². The van der Waals surface area contributed by atoms with Gasteiger partial charge in [-0.1, -0.05) is 30.0 Å². The molecule has 0 bridgehead atoms. The second-order valence-electron chi connectivity index (χ2n) is 6.07. The van der Waals surface area contributed by atoms with Crippen LogP contribution in [0, 0.1) is 11.6 Å². The van der Waals surface area contributed by atoms with Gasteiger partial charge in [0.1, 0.15) is 11.6 Å². The van der Waals surface area contributed by atoms with Crippen molar-refractivity contribution in [2.45, 2.75) is 5.16 Å². The highest BCUT2D eigenvalue weighted by Gasteiger charge is 2.16. The van der Waals surface area contributed by atoms with Gasteiger partial charge in [0, 0.05) is 35.8 Å². The number of aromatic amines is 1. The Labute approximate surface area is 163 Å². The number of nitrogens with zero attached hydrogens (tertiary/aromatic N) is 3. The molecule has 28 heavy (non-hydrogen) atoms. The van der Waals surface area contributed by atoms with Crippen LogP contribution in [0.1, 0.15) is 0 Å². The van der Waals surface area contributed by atoms with E-state index in [1.165, 1.54) is 17.8 Å². The maximum atomic E-state index is 13.6. The Kier molecular flexibility index (Phi) is 4.82. The summed E-state index contributed by atoms with van der Waals surface area (Å²) in [6.45, 7) is 0. The average molecular weight is 399 g/mol. The molecule has 0 spiro atoms. The number of aromatic nitrogens is 4. The van der Waals surface area contributed by atoms with Crippen LogP contribution in [-0.2, 0) is 11.8 Å². The van der Waals surface area contributed by atoms with Crippen LogP contribution in [-0.4, -0.2) is 31.4 Å². The first-order valence-electron chi connectivity index (χ1n) is 8.36. The smallest absolute Gasteiger partial charge is 0.234 e. The molecule has 2 aromatic heterocycles. The molecule has 0 atom stereocenters. The van der Waals surface area contributed by atoms with Crippen molar-refractivity contribution in [2.75, 3.05) is 11.1 Å². The molecule has 2 heterocycles. The molecule has 0 radical (unpaired) electrons. The van der Waals surface area contributed by atoms with E-state index in [4.69, 9.17) is 0 Å². The van der Waals surface area contributed by atoms with Crippen molar-refractivity contribution in [3.05, 3.63) is 60.3 Å². The molecular weight excluding hydrogens is 384 g/mol. The van der Waals surface area contributed by atoms with Gasteiger partial charge in [-0.25, -0.2) is 8.78 Å². The molecular formula is C19H15F2N5OS. The van der Waals surface area contributed by atoms with Crippen molar-refractivity contribution in [3.8, 4) is 11.4 Å². The Balaban J connectivity index is 1.47. The molecule has 0 unspecified atom stereocenters. The summed E-state index contributed by atoms with van der Waals surface area (Å²) in [6, 6.07) is 10.9. The molecule has 9 heteroatoms. The molecule has 0 aliphatic rings. The van der Waals surface area contributed by atoms with E-state index in [0.717, 1.165) is 28.6 Å². The molecule has 2 aromatic carbocycles. The lowest BCUT2D eigenvalue weighted by molar-refractivity contribution is -0.113. The lowest BCUT2D eigenvalue weighted by atomic mass is 10.1. The van der Waals surface area contributed by atoms with Gasteiger partial charge in [-0.05, 0) is 18.2 Å². The van der Waals surface area contributed by atoms with Gasteiger partial charge in [-0.3, -0.25) is 4.79 Å². The quantitative estimate of drug-likeness (QED) is 0.498. The Bertz CT molecular complexity index is 1170. The number of nitrogens with one attached hydrogen (secondary N) is 2. The fourth-order valence-corrected chi connectivity index (χ4v) is 3.55. The molecule has 142 valence electrons. The number of fused-ring (bicyclic) bond motifs is 1. The van der Waals surface area contributed by atoms with Crippen LogP contribution in [0.25, 0.3) is 22.3 Å². The third-order valence-corrected chi connectivity index (χ3v) is 5.22. The van der Waals surface area contributed by atoms with Crippen molar-refractivity contribution < 1.29 is 13.6 Å². The summed E-state index contributed by atoms with van der Waals surface area (Å²) in [5, 5.41) is 12.4. The Morgan fingerprint density at radius 1 is 1.21 bits per heavy atom. The van der Waals surface area contributed by atoms with E-state index in [-0.39, 0.29) is 11.4 Å². The van der Waals surface area contributed by atoms with Gasteiger partial charge in [0.25, 0.3) is 0 Å². The van der Waals surface area contributed by atoms with E-state index in [9.17, 15) is 13.6 Å². The highest BCUT2D eigenvalue weighted by molar-refractivity contribution is 7.99. The minimum atomic E-state index is -0.821. The summed E-state index contributed by atoms with van der Waals surface area (Å²) in [5.74, 6) is -1.26. The number of thioether (sulfide) groups is 1. The number of anilines is 1. The number of para-hydroxylation sites is 1. The lowest BCUT2D eigenvalue weighted by Gasteiger charge is -2.06. The summed E-state index contributed by atoms with van der Waals surface area (Å²) in [6.07, 6.45) is 1.87. The zero-order chi connectivity index (χ0) is 19.7. The lowest BCUT2D eigenvalue weighted by Crippen LogP contribution is -2.15. The second kappa shape index (κ2) is 7.43. The molecule has 0 saturated carbocycles. The predicted octanol–water partition coefficient (Wildman–Crippen LogP) is 3.97. The zero-order valence-corrected chi connectivity index (χ0v) is 15.6. The summed E-state index contributed by atoms with van der Waals surface area (Å²) in [5.41, 5.74) is 1.84. The van der Waals surface area contributed by atoms with Crippen molar-refractivity contribution in [2.24, 2.45) is 7.05 Å². The van der Waals surface area contributed by atoms with Crippen LogP contribution < -0.4 is 5.32 Å². The van der Waals surface area contributed by atoms with Gasteiger partial charge >= 0.3 is 0 Å². The van der Waals surface area contributed by atoms with Gasteiger partial charge in [-0.2, -0.15) is 0 Å². The Morgan fingerprint density at radius 3 is 2.86 bits per heavy atom. The van der Waals surface area contributed by atoms with E-state index >= 15 is 0 Å². The highest BCUT2D eigenvalue weighted by atomic mass is 32.2. The molecule has 0 saturated heterocycles. The first-order valence-corrected chi connectivity index (χ1v) is 9.35. The topological polar surface area (TPSA) is 75.6 Å². The zero-order valence-electron chi connectivity index (χ0n) is 14.7. The van der Waals surface area contributed by atoms with Crippen molar-refractivity contribution in [1.29, 1.82) is 0 Å². The molecule has 4 aromatic rings. The number of H-pyrrole nitrogens is 1. The molecule has 0 aliphatic carbocycles. The third kappa shape index (κ3) is 3.48. The Morgan fingerprint density at radius 2 is 2.04 bits per heavy atom. The Hall–Kier alpha value is -3.20. The number of hydrogen-bond acceptors (Lipinski definition) is 4. The van der Waals surface area contributed by atoms with Crippen LogP contribution in [0.3, 0.4) is 0 Å². The van der Waals surface area contributed by atoms with Crippen LogP contribution in [0.4, 0.5) is 14.5 Å². The maximum absolute atomic E-state index is 13.6. The van der Waals surface area contributed by atoms with Gasteiger partial charge in [0.15, 0.2) is 11.0 Å². The predicted molar refractivity (Wildman–Crippen MR) is 104 cm³/mol. The summed E-state index contributed by atoms with van der Waals surface area (Å²) < 4.78 is 28.4. The number of hydrogen-bond donors (Lipinski definition) is 2. The molecule has 0 fully saturated rings. The summed E-state index contributed by atoms with van der Waals surface area (Å²) >= 11 is 1.18. The first-order chi connectivity index (χ1) is 13.5. The summed E-state index contributed by atoms with van der Waals surface area (Å²) in [4.78, 5) is 15.3. The van der Waals surface area contributed by atoms with Gasteiger partial charge in [0.2, 0.25) is 5.91 Å². The third-order valence-electron chi connectivity index (χ3n) is 4.20. The minimum absolute atomic E-state index is 0.0106. The fraction of sp³-hybridized carbons (Fsp3) is 0.105. The van der Waals surface area contributed by atoms with Crippen LogP contribution >= 0.6 is 11.8 Å². The van der Waals surface area contributed by atoms with Gasteiger partial charge in [-0.15, -0.1) is 10.2 Å². The summed E-state index contributed by atoms with van der Waals surface area (Å²) in [7, 11) is 1.82. The fourth-order valence-electron chi connectivity index (χ4n) is 2.84. The minimum Gasteiger partial charge on any atom is -0.360 e. The number of amides is 1. The van der Waals surface area contributed by atoms with Crippen LogP contribution in [0.2, 0.25) is 0 Å². The normalized spacial score (nSPS) is 11.1. The number of rotatable bonds is 5. The van der Waals surface area contributed by atoms with E-state index in [0.29, 0.717) is 11.0 Å². The standard InChI is InChI=1S/C19H15F2N5OS/c1-26-18(13-9-22-15-5-3-2-4-12(13)15)24-25-19(26)28-10-17(27)23-16-7-6-11(20)8-14(16)21/h2-9,22H,10H2,1H3,(H,23,27). The average Bonchev–Trinajstić information content (AvgIpc) is 3.25. The van der Waals surface area contributed by atoms with Gasteiger partial charge < -0.3 is 14.9 Å². The van der Waals surface area contributed by atoms with Crippen LogP contribution in [0.15, 0.2) is 53.8 Å². The van der Waals surface area contributed by atoms with E-state index in [1.54, 1.807) is 4.57 Å². The van der Waals surface area contributed by atoms with Gasteiger partial charge in [0.05, 0.1) is 11.4 Å². The number of carbonyl (C=O) groups excluding carboxylic acids is 1. The highest BCUT2D eigenvalue weighted by Crippen LogP contribution is 2.29. The number of benzene rings is 2.